The molecule has 1 fully saturated rings. The predicted octanol–water partition coefficient (Wildman–Crippen LogP) is 2.91. The highest BCUT2D eigenvalue weighted by Crippen LogP contribution is 2.32. The lowest BCUT2D eigenvalue weighted by Crippen LogP contribution is -2.40. The zero-order valence-electron chi connectivity index (χ0n) is 9.18. The van der Waals surface area contributed by atoms with Gasteiger partial charge in [-0.05, 0) is 38.0 Å². The fourth-order valence-electron chi connectivity index (χ4n) is 2.36. The van der Waals surface area contributed by atoms with Gasteiger partial charge >= 0.3 is 0 Å². The summed E-state index contributed by atoms with van der Waals surface area (Å²) in [4.78, 5) is 0. The van der Waals surface area contributed by atoms with Gasteiger partial charge in [-0.1, -0.05) is 20.3 Å². The van der Waals surface area contributed by atoms with Crippen molar-refractivity contribution in [3.63, 3.8) is 0 Å². The molecule has 1 nitrogen and oxygen atoms in total. The summed E-state index contributed by atoms with van der Waals surface area (Å²) in [6, 6.07) is 0.743. The minimum Gasteiger partial charge on any atom is -0.316 e. The molecular weight excluding hydrogens is 178 g/mol. The molecule has 0 aromatic carbocycles. The lowest BCUT2D eigenvalue weighted by molar-refractivity contribution is 0.360. The fourth-order valence-corrected chi connectivity index (χ4v) is 3.94. The van der Waals surface area contributed by atoms with Gasteiger partial charge in [-0.2, -0.15) is 11.8 Å². The normalized spacial score (nSPS) is 27.5. The maximum atomic E-state index is 3.51. The Morgan fingerprint density at radius 2 is 2.31 bits per heavy atom. The van der Waals surface area contributed by atoms with Crippen molar-refractivity contribution in [1.29, 1.82) is 0 Å². The topological polar surface area (TPSA) is 12.0 Å². The van der Waals surface area contributed by atoms with E-state index in [-0.39, 0.29) is 0 Å². The Hall–Kier alpha value is 0.310. The Morgan fingerprint density at radius 1 is 1.54 bits per heavy atom. The van der Waals surface area contributed by atoms with Crippen LogP contribution >= 0.6 is 11.8 Å². The molecule has 1 heterocycles. The van der Waals surface area contributed by atoms with Gasteiger partial charge in [-0.25, -0.2) is 0 Å². The summed E-state index contributed by atoms with van der Waals surface area (Å²) in [5.74, 6) is 2.22. The molecule has 0 aliphatic carbocycles. The van der Waals surface area contributed by atoms with E-state index in [1.807, 2.05) is 0 Å². The van der Waals surface area contributed by atoms with E-state index >= 15 is 0 Å². The third kappa shape index (κ3) is 3.17. The smallest absolute Gasteiger partial charge is 0.0209 e. The molecule has 0 spiro atoms. The zero-order valence-corrected chi connectivity index (χ0v) is 9.99. The van der Waals surface area contributed by atoms with Crippen LogP contribution in [0.15, 0.2) is 0 Å². The Balaban J connectivity index is 2.39. The first-order valence-corrected chi connectivity index (χ1v) is 6.63. The van der Waals surface area contributed by atoms with E-state index in [0.717, 1.165) is 17.2 Å². The number of thioether (sulfide) groups is 1. The highest BCUT2D eigenvalue weighted by Gasteiger charge is 2.27. The molecule has 3 unspecified atom stereocenters. The molecule has 1 saturated heterocycles. The molecule has 0 bridgehead atoms. The van der Waals surface area contributed by atoms with Crippen molar-refractivity contribution in [1.82, 2.24) is 5.32 Å². The number of hydrogen-bond donors (Lipinski definition) is 1. The quantitative estimate of drug-likeness (QED) is 0.734. The van der Waals surface area contributed by atoms with Crippen LogP contribution in [0.5, 0.6) is 0 Å². The van der Waals surface area contributed by atoms with Gasteiger partial charge in [0.05, 0.1) is 0 Å². The van der Waals surface area contributed by atoms with Crippen molar-refractivity contribution in [2.75, 3.05) is 12.8 Å². The SMILES string of the molecule is CCCC(C)C(NC)C1CCCS1. The maximum absolute atomic E-state index is 3.51. The third-order valence-electron chi connectivity index (χ3n) is 3.06. The highest BCUT2D eigenvalue weighted by molar-refractivity contribution is 8.00. The summed E-state index contributed by atoms with van der Waals surface area (Å²) in [6.07, 6.45) is 5.52. The zero-order chi connectivity index (χ0) is 9.68. The van der Waals surface area contributed by atoms with E-state index in [2.05, 4.69) is 38.0 Å². The molecule has 0 aromatic rings. The van der Waals surface area contributed by atoms with Gasteiger partial charge in [0.25, 0.3) is 0 Å². The van der Waals surface area contributed by atoms with Crippen LogP contribution < -0.4 is 5.32 Å². The second kappa shape index (κ2) is 5.92. The summed E-state index contributed by atoms with van der Waals surface area (Å²) in [6.45, 7) is 4.68. The summed E-state index contributed by atoms with van der Waals surface area (Å²) >= 11 is 2.17. The van der Waals surface area contributed by atoms with E-state index in [1.165, 1.54) is 31.4 Å². The maximum Gasteiger partial charge on any atom is 0.0209 e. The molecule has 1 N–H and O–H groups in total. The van der Waals surface area contributed by atoms with Crippen LogP contribution in [0.3, 0.4) is 0 Å². The molecule has 1 rings (SSSR count). The van der Waals surface area contributed by atoms with Crippen molar-refractivity contribution in [3.8, 4) is 0 Å². The molecule has 0 radical (unpaired) electrons. The first-order valence-electron chi connectivity index (χ1n) is 5.58. The van der Waals surface area contributed by atoms with Crippen LogP contribution in [0.2, 0.25) is 0 Å². The van der Waals surface area contributed by atoms with Gasteiger partial charge in [0, 0.05) is 11.3 Å². The van der Waals surface area contributed by atoms with Crippen molar-refractivity contribution >= 4 is 11.8 Å². The molecule has 0 saturated carbocycles. The third-order valence-corrected chi connectivity index (χ3v) is 4.54. The first kappa shape index (κ1) is 11.4. The molecule has 1 aliphatic rings. The molecule has 0 amide bonds. The highest BCUT2D eigenvalue weighted by atomic mass is 32.2. The number of rotatable bonds is 5. The van der Waals surface area contributed by atoms with Crippen molar-refractivity contribution in [2.45, 2.75) is 50.8 Å². The summed E-state index contributed by atoms with van der Waals surface area (Å²) in [5.41, 5.74) is 0. The van der Waals surface area contributed by atoms with Crippen LogP contribution in [-0.4, -0.2) is 24.1 Å². The number of hydrogen-bond acceptors (Lipinski definition) is 2. The molecular formula is C11H23NS. The van der Waals surface area contributed by atoms with Crippen LogP contribution in [0.4, 0.5) is 0 Å². The second-order valence-electron chi connectivity index (χ2n) is 4.13. The van der Waals surface area contributed by atoms with E-state index in [9.17, 15) is 0 Å². The average molecular weight is 201 g/mol. The minimum atomic E-state index is 0.743. The van der Waals surface area contributed by atoms with Gasteiger partial charge in [-0.15, -0.1) is 0 Å². The Kier molecular flexibility index (Phi) is 5.18. The van der Waals surface area contributed by atoms with Crippen LogP contribution in [0.25, 0.3) is 0 Å². The van der Waals surface area contributed by atoms with Crippen LogP contribution in [0.1, 0.15) is 39.5 Å². The predicted molar refractivity (Wildman–Crippen MR) is 62.4 cm³/mol. The molecule has 13 heavy (non-hydrogen) atoms. The summed E-state index contributed by atoms with van der Waals surface area (Å²) in [5, 5.41) is 4.39. The monoisotopic (exact) mass is 201 g/mol. The average Bonchev–Trinajstić information content (AvgIpc) is 2.59. The summed E-state index contributed by atoms with van der Waals surface area (Å²) < 4.78 is 0. The standard InChI is InChI=1S/C11H23NS/c1-4-6-9(2)11(12-3)10-7-5-8-13-10/h9-12H,4-8H2,1-3H3. The molecule has 3 atom stereocenters. The Morgan fingerprint density at radius 3 is 2.77 bits per heavy atom. The molecule has 0 aromatic heterocycles. The van der Waals surface area contributed by atoms with Crippen molar-refractivity contribution in [2.24, 2.45) is 5.92 Å². The fraction of sp³-hybridized carbons (Fsp3) is 1.00. The van der Waals surface area contributed by atoms with Gasteiger partial charge in [-0.3, -0.25) is 0 Å². The van der Waals surface area contributed by atoms with E-state index in [1.54, 1.807) is 0 Å². The lowest BCUT2D eigenvalue weighted by atomic mass is 9.93. The van der Waals surface area contributed by atoms with Gasteiger partial charge in [0.2, 0.25) is 0 Å². The molecule has 2 heteroatoms. The van der Waals surface area contributed by atoms with Gasteiger partial charge in [0.1, 0.15) is 0 Å². The van der Waals surface area contributed by atoms with Crippen LogP contribution in [-0.2, 0) is 0 Å². The van der Waals surface area contributed by atoms with E-state index in [0.29, 0.717) is 0 Å². The van der Waals surface area contributed by atoms with Crippen molar-refractivity contribution < 1.29 is 0 Å². The van der Waals surface area contributed by atoms with Gasteiger partial charge in [0.15, 0.2) is 0 Å². The van der Waals surface area contributed by atoms with E-state index in [4.69, 9.17) is 0 Å². The molecule has 78 valence electrons. The number of nitrogens with one attached hydrogen (secondary N) is 1. The van der Waals surface area contributed by atoms with E-state index < -0.39 is 0 Å². The molecule has 1 aliphatic heterocycles. The minimum absolute atomic E-state index is 0.743. The summed E-state index contributed by atoms with van der Waals surface area (Å²) in [7, 11) is 2.12. The van der Waals surface area contributed by atoms with Crippen LogP contribution in [0, 0.1) is 5.92 Å². The van der Waals surface area contributed by atoms with Crippen molar-refractivity contribution in [3.05, 3.63) is 0 Å². The Labute approximate surface area is 87.1 Å². The Bertz CT molecular complexity index is 132. The second-order valence-corrected chi connectivity index (χ2v) is 5.48. The first-order chi connectivity index (χ1) is 6.29. The lowest BCUT2D eigenvalue weighted by Gasteiger charge is -2.28. The van der Waals surface area contributed by atoms with Gasteiger partial charge < -0.3 is 5.32 Å². The largest absolute Gasteiger partial charge is 0.316 e.